The second-order valence-electron chi connectivity index (χ2n) is 4.23. The number of rotatable bonds is 5. The van der Waals surface area contributed by atoms with Crippen LogP contribution in [0.15, 0.2) is 0 Å². The van der Waals surface area contributed by atoms with Gasteiger partial charge in [-0.1, -0.05) is 0 Å². The van der Waals surface area contributed by atoms with Crippen LogP contribution in [0.4, 0.5) is 48.3 Å². The van der Waals surface area contributed by atoms with Gasteiger partial charge >= 0.3 is 32.3 Å². The molecule has 0 bridgehead atoms. The first-order valence-corrected chi connectivity index (χ1v) is 6.49. The standard InChI is InChI=1S/C7H6F11O4P/c8-4(9,10)1-3(2-5(11,12)13,22-23(19,20)21)6(14,15)7(16,17)18/h1-2H2,(H2,19,20,21). The Morgan fingerprint density at radius 2 is 1.04 bits per heavy atom. The number of halogens is 11. The highest BCUT2D eigenvalue weighted by Crippen LogP contribution is 2.58. The lowest BCUT2D eigenvalue weighted by atomic mass is 9.87. The molecule has 0 aromatic carbocycles. The van der Waals surface area contributed by atoms with Crippen molar-refractivity contribution < 1.29 is 67.2 Å². The van der Waals surface area contributed by atoms with E-state index in [1.54, 1.807) is 0 Å². The van der Waals surface area contributed by atoms with E-state index in [1.165, 1.54) is 0 Å². The molecule has 0 fully saturated rings. The van der Waals surface area contributed by atoms with Crippen molar-refractivity contribution in [1.82, 2.24) is 0 Å². The first-order valence-electron chi connectivity index (χ1n) is 4.96. The minimum atomic E-state index is -7.02. The van der Waals surface area contributed by atoms with E-state index < -0.39 is 50.7 Å². The van der Waals surface area contributed by atoms with Crippen molar-refractivity contribution >= 4 is 7.82 Å². The molecule has 0 aromatic rings. The topological polar surface area (TPSA) is 66.8 Å². The van der Waals surface area contributed by atoms with Gasteiger partial charge in [0.1, 0.15) is 0 Å². The molecule has 0 atom stereocenters. The van der Waals surface area contributed by atoms with Crippen molar-refractivity contribution in [3.63, 3.8) is 0 Å². The third-order valence-corrected chi connectivity index (χ3v) is 2.78. The maximum Gasteiger partial charge on any atom is 0.470 e. The predicted octanol–water partition coefficient (Wildman–Crippen LogP) is 3.94. The lowest BCUT2D eigenvalue weighted by molar-refractivity contribution is -0.363. The molecule has 23 heavy (non-hydrogen) atoms. The summed E-state index contributed by atoms with van der Waals surface area (Å²) >= 11 is 0. The van der Waals surface area contributed by atoms with Crippen LogP contribution in [0.2, 0.25) is 0 Å². The van der Waals surface area contributed by atoms with E-state index in [1.807, 2.05) is 0 Å². The molecule has 0 aliphatic heterocycles. The van der Waals surface area contributed by atoms with Gasteiger partial charge in [-0.15, -0.1) is 0 Å². The monoisotopic (exact) mass is 394 g/mol. The average molecular weight is 394 g/mol. The Morgan fingerprint density at radius 1 is 0.739 bits per heavy atom. The lowest BCUT2D eigenvalue weighted by Crippen LogP contribution is -2.61. The number of phosphoric ester groups is 1. The fourth-order valence-electron chi connectivity index (χ4n) is 1.54. The molecule has 0 aliphatic rings. The van der Waals surface area contributed by atoms with Crippen molar-refractivity contribution in [2.45, 2.75) is 42.9 Å². The van der Waals surface area contributed by atoms with Gasteiger partial charge in [-0.05, 0) is 0 Å². The quantitative estimate of drug-likeness (QED) is 0.548. The fourth-order valence-corrected chi connectivity index (χ4v) is 2.24. The van der Waals surface area contributed by atoms with Crippen LogP contribution in [0.5, 0.6) is 0 Å². The zero-order chi connectivity index (χ0) is 19.1. The summed E-state index contributed by atoms with van der Waals surface area (Å²) < 4.78 is 150. The second-order valence-corrected chi connectivity index (χ2v) is 5.40. The van der Waals surface area contributed by atoms with E-state index in [2.05, 4.69) is 4.52 Å². The van der Waals surface area contributed by atoms with Crippen molar-refractivity contribution in [2.75, 3.05) is 0 Å². The molecule has 0 radical (unpaired) electrons. The molecule has 140 valence electrons. The molecule has 16 heteroatoms. The summed E-state index contributed by atoms with van der Waals surface area (Å²) in [5.74, 6) is -6.88. The zero-order valence-electron chi connectivity index (χ0n) is 10.2. The lowest BCUT2D eigenvalue weighted by Gasteiger charge is -2.41. The summed E-state index contributed by atoms with van der Waals surface area (Å²) in [6, 6.07) is 0. The molecular formula is C7H6F11O4P. The fraction of sp³-hybridized carbons (Fsp3) is 1.00. The zero-order valence-corrected chi connectivity index (χ0v) is 11.1. The van der Waals surface area contributed by atoms with Crippen LogP contribution in [-0.4, -0.2) is 39.8 Å². The van der Waals surface area contributed by atoms with Gasteiger partial charge in [0.2, 0.25) is 0 Å². The Morgan fingerprint density at radius 3 is 1.22 bits per heavy atom. The third-order valence-electron chi connectivity index (χ3n) is 2.19. The summed E-state index contributed by atoms with van der Waals surface area (Å²) in [5, 5.41) is 0. The Hall–Kier alpha value is -0.660. The van der Waals surface area contributed by atoms with Gasteiger partial charge in [0, 0.05) is 0 Å². The van der Waals surface area contributed by atoms with E-state index in [9.17, 15) is 52.9 Å². The van der Waals surface area contributed by atoms with Crippen molar-refractivity contribution in [3.05, 3.63) is 0 Å². The van der Waals surface area contributed by atoms with Crippen LogP contribution in [0.3, 0.4) is 0 Å². The van der Waals surface area contributed by atoms with Crippen molar-refractivity contribution in [2.24, 2.45) is 0 Å². The number of phosphoric acid groups is 1. The average Bonchev–Trinajstić information content (AvgIpc) is 2.05. The van der Waals surface area contributed by atoms with Crippen LogP contribution in [0.1, 0.15) is 12.8 Å². The largest absolute Gasteiger partial charge is 0.470 e. The van der Waals surface area contributed by atoms with Gasteiger partial charge in [0.25, 0.3) is 0 Å². The summed E-state index contributed by atoms with van der Waals surface area (Å²) in [5.41, 5.74) is -5.64. The molecule has 0 saturated carbocycles. The number of hydrogen-bond donors (Lipinski definition) is 2. The van der Waals surface area contributed by atoms with Crippen molar-refractivity contribution in [1.29, 1.82) is 0 Å². The molecule has 2 N–H and O–H groups in total. The Labute approximate surface area is 119 Å². The third kappa shape index (κ3) is 6.39. The van der Waals surface area contributed by atoms with Gasteiger partial charge in [0.15, 0.2) is 5.60 Å². The summed E-state index contributed by atoms with van der Waals surface area (Å²) in [6.07, 6.45) is -26.4. The number of hydrogen-bond acceptors (Lipinski definition) is 2. The molecule has 0 unspecified atom stereocenters. The van der Waals surface area contributed by atoms with Gasteiger partial charge < -0.3 is 9.79 Å². The van der Waals surface area contributed by atoms with Gasteiger partial charge in [0.05, 0.1) is 12.8 Å². The van der Waals surface area contributed by atoms with Crippen LogP contribution < -0.4 is 0 Å². The highest BCUT2D eigenvalue weighted by atomic mass is 31.2. The van der Waals surface area contributed by atoms with Gasteiger partial charge in [-0.25, -0.2) is 4.57 Å². The Bertz CT molecular complexity index is 442. The maximum atomic E-state index is 13.2. The highest BCUT2D eigenvalue weighted by Gasteiger charge is 2.76. The van der Waals surface area contributed by atoms with Crippen LogP contribution >= 0.6 is 7.82 Å². The van der Waals surface area contributed by atoms with Crippen LogP contribution in [0, 0.1) is 0 Å². The highest BCUT2D eigenvalue weighted by molar-refractivity contribution is 7.46. The minimum Gasteiger partial charge on any atom is -0.303 e. The second kappa shape index (κ2) is 6.01. The summed E-state index contributed by atoms with van der Waals surface area (Å²) in [4.78, 5) is 16.5. The molecule has 0 spiro atoms. The molecule has 0 aromatic heterocycles. The molecule has 0 rings (SSSR count). The number of alkyl halides is 11. The Kier molecular flexibility index (Phi) is 5.83. The first kappa shape index (κ1) is 22.3. The smallest absolute Gasteiger partial charge is 0.303 e. The molecule has 0 aliphatic carbocycles. The molecule has 0 heterocycles. The molecule has 0 amide bonds. The predicted molar refractivity (Wildman–Crippen MR) is 48.2 cm³/mol. The summed E-state index contributed by atoms with van der Waals surface area (Å²) in [7, 11) is -6.61. The molecule has 0 saturated heterocycles. The first-order chi connectivity index (χ1) is 9.62. The minimum absolute atomic E-state index is 2.73. The van der Waals surface area contributed by atoms with E-state index >= 15 is 0 Å². The van der Waals surface area contributed by atoms with E-state index in [0.717, 1.165) is 0 Å². The molecule has 4 nitrogen and oxygen atoms in total. The van der Waals surface area contributed by atoms with Gasteiger partial charge in [-0.3, -0.25) is 4.52 Å². The van der Waals surface area contributed by atoms with Crippen molar-refractivity contribution in [3.8, 4) is 0 Å². The summed E-state index contributed by atoms with van der Waals surface area (Å²) in [6.45, 7) is 0. The van der Waals surface area contributed by atoms with Crippen LogP contribution in [-0.2, 0) is 9.09 Å². The SMILES string of the molecule is O=P(O)(O)OC(CC(F)(F)F)(CC(F)(F)F)C(F)(F)C(F)(F)F. The van der Waals surface area contributed by atoms with Gasteiger partial charge in [-0.2, -0.15) is 48.3 Å². The van der Waals surface area contributed by atoms with Crippen LogP contribution in [0.25, 0.3) is 0 Å². The molecular weight excluding hydrogens is 388 g/mol. The Balaban J connectivity index is 6.42. The maximum absolute atomic E-state index is 13.2. The van der Waals surface area contributed by atoms with E-state index in [4.69, 9.17) is 9.79 Å². The van der Waals surface area contributed by atoms with E-state index in [-0.39, 0.29) is 0 Å². The van der Waals surface area contributed by atoms with E-state index in [0.29, 0.717) is 0 Å². The normalized spacial score (nSPS) is 15.9.